The second-order valence-electron chi connectivity index (χ2n) is 6.95. The lowest BCUT2D eigenvalue weighted by Crippen LogP contribution is -2.42. The van der Waals surface area contributed by atoms with Crippen molar-refractivity contribution in [2.45, 2.75) is 51.2 Å². The lowest BCUT2D eigenvalue weighted by molar-refractivity contribution is -0.0733. The van der Waals surface area contributed by atoms with Crippen molar-refractivity contribution in [1.29, 1.82) is 0 Å². The van der Waals surface area contributed by atoms with E-state index in [1.165, 1.54) is 18.6 Å². The van der Waals surface area contributed by atoms with Gasteiger partial charge in [0.05, 0.1) is 30.1 Å². The molecule has 2 aliphatic rings. The van der Waals surface area contributed by atoms with E-state index in [1.807, 2.05) is 0 Å². The minimum Gasteiger partial charge on any atom is -0.478 e. The Balaban J connectivity index is 1.48. The zero-order valence-electron chi connectivity index (χ0n) is 15.1. The van der Waals surface area contributed by atoms with E-state index in [0.29, 0.717) is 31.1 Å². The molecule has 1 unspecified atom stereocenters. The van der Waals surface area contributed by atoms with Crippen LogP contribution in [0.3, 0.4) is 0 Å². The molecule has 142 valence electrons. The first kappa shape index (κ1) is 18.8. The fourth-order valence-electron chi connectivity index (χ4n) is 3.48. The summed E-state index contributed by atoms with van der Waals surface area (Å²) >= 11 is 0. The standard InChI is InChI=1S/C19H26N2O5/c1-13-16(19(23)24)5-6-17(20-13)18(22)21-9-7-14(8-10-21)26-12-15-4-2-3-11-25-15/h5-6,14-15H,2-4,7-12H2,1H3,(H,23,24). The molecular formula is C19H26N2O5. The van der Waals surface area contributed by atoms with Crippen LogP contribution in [0.5, 0.6) is 0 Å². The van der Waals surface area contributed by atoms with Crippen LogP contribution in [0.4, 0.5) is 0 Å². The maximum atomic E-state index is 12.6. The number of hydrogen-bond acceptors (Lipinski definition) is 5. The van der Waals surface area contributed by atoms with Crippen molar-refractivity contribution in [3.8, 4) is 0 Å². The van der Waals surface area contributed by atoms with Crippen molar-refractivity contribution in [3.63, 3.8) is 0 Å². The number of piperidine rings is 1. The molecule has 7 heteroatoms. The molecule has 1 aromatic heterocycles. The van der Waals surface area contributed by atoms with Crippen LogP contribution in [0.25, 0.3) is 0 Å². The van der Waals surface area contributed by atoms with E-state index in [2.05, 4.69) is 4.98 Å². The third-order valence-electron chi connectivity index (χ3n) is 5.06. The highest BCUT2D eigenvalue weighted by molar-refractivity contribution is 5.94. The van der Waals surface area contributed by atoms with E-state index in [-0.39, 0.29) is 23.7 Å². The number of rotatable bonds is 5. The molecular weight excluding hydrogens is 336 g/mol. The first-order chi connectivity index (χ1) is 12.5. The van der Waals surface area contributed by atoms with Gasteiger partial charge in [-0.1, -0.05) is 0 Å². The molecule has 0 radical (unpaired) electrons. The van der Waals surface area contributed by atoms with Crippen LogP contribution in [-0.4, -0.2) is 65.4 Å². The van der Waals surface area contributed by atoms with Gasteiger partial charge in [0.2, 0.25) is 0 Å². The third kappa shape index (κ3) is 4.59. The molecule has 26 heavy (non-hydrogen) atoms. The number of likely N-dealkylation sites (tertiary alicyclic amines) is 1. The molecule has 0 aliphatic carbocycles. The summed E-state index contributed by atoms with van der Waals surface area (Å²) in [6.45, 7) is 4.31. The van der Waals surface area contributed by atoms with Gasteiger partial charge in [0.1, 0.15) is 5.69 Å². The first-order valence-corrected chi connectivity index (χ1v) is 9.28. The van der Waals surface area contributed by atoms with Gasteiger partial charge in [-0.25, -0.2) is 9.78 Å². The van der Waals surface area contributed by atoms with Crippen LogP contribution in [0.2, 0.25) is 0 Å². The van der Waals surface area contributed by atoms with Crippen LogP contribution in [-0.2, 0) is 9.47 Å². The number of carbonyl (C=O) groups is 2. The molecule has 3 rings (SSSR count). The molecule has 2 saturated heterocycles. The zero-order chi connectivity index (χ0) is 18.5. The molecule has 1 aromatic rings. The van der Waals surface area contributed by atoms with Gasteiger partial charge in [0.25, 0.3) is 5.91 Å². The van der Waals surface area contributed by atoms with Gasteiger partial charge >= 0.3 is 5.97 Å². The van der Waals surface area contributed by atoms with Gasteiger partial charge in [-0.05, 0) is 51.2 Å². The van der Waals surface area contributed by atoms with Crippen LogP contribution in [0.15, 0.2) is 12.1 Å². The van der Waals surface area contributed by atoms with E-state index >= 15 is 0 Å². The molecule has 0 bridgehead atoms. The summed E-state index contributed by atoms with van der Waals surface area (Å²) < 4.78 is 11.7. The Morgan fingerprint density at radius 3 is 2.65 bits per heavy atom. The number of carboxylic acids is 1. The fraction of sp³-hybridized carbons (Fsp3) is 0.632. The van der Waals surface area contributed by atoms with E-state index in [0.717, 1.165) is 32.3 Å². The number of amides is 1. The summed E-state index contributed by atoms with van der Waals surface area (Å²) in [5, 5.41) is 9.06. The summed E-state index contributed by atoms with van der Waals surface area (Å²) in [6.07, 6.45) is 5.37. The fourth-order valence-corrected chi connectivity index (χ4v) is 3.48. The summed E-state index contributed by atoms with van der Waals surface area (Å²) in [5.41, 5.74) is 0.773. The van der Waals surface area contributed by atoms with Crippen LogP contribution < -0.4 is 0 Å². The summed E-state index contributed by atoms with van der Waals surface area (Å²) in [7, 11) is 0. The molecule has 0 spiro atoms. The average Bonchev–Trinajstić information content (AvgIpc) is 2.66. The normalized spacial score (nSPS) is 21.6. The smallest absolute Gasteiger partial charge is 0.337 e. The Hall–Kier alpha value is -1.99. The predicted octanol–water partition coefficient (Wildman–Crippen LogP) is 2.28. The van der Waals surface area contributed by atoms with Crippen molar-refractivity contribution >= 4 is 11.9 Å². The number of hydrogen-bond donors (Lipinski definition) is 1. The highest BCUT2D eigenvalue weighted by atomic mass is 16.5. The average molecular weight is 362 g/mol. The molecule has 1 amide bonds. The monoisotopic (exact) mass is 362 g/mol. The zero-order valence-corrected chi connectivity index (χ0v) is 15.1. The minimum absolute atomic E-state index is 0.124. The predicted molar refractivity (Wildman–Crippen MR) is 94.4 cm³/mol. The number of aryl methyl sites for hydroxylation is 1. The summed E-state index contributed by atoms with van der Waals surface area (Å²) in [6, 6.07) is 2.93. The SMILES string of the molecule is Cc1nc(C(=O)N2CCC(OCC3CCCCO3)CC2)ccc1C(=O)O. The molecule has 7 nitrogen and oxygen atoms in total. The maximum Gasteiger partial charge on any atom is 0.337 e. The number of carbonyl (C=O) groups excluding carboxylic acids is 1. The number of aromatic nitrogens is 1. The Labute approximate surface area is 153 Å². The quantitative estimate of drug-likeness (QED) is 0.864. The summed E-state index contributed by atoms with van der Waals surface area (Å²) in [5.74, 6) is -1.19. The van der Waals surface area contributed by atoms with E-state index in [1.54, 1.807) is 11.8 Å². The van der Waals surface area contributed by atoms with E-state index < -0.39 is 5.97 Å². The minimum atomic E-state index is -1.03. The molecule has 1 N–H and O–H groups in total. The Kier molecular flexibility index (Phi) is 6.21. The lowest BCUT2D eigenvalue weighted by atomic mass is 10.1. The lowest BCUT2D eigenvalue weighted by Gasteiger charge is -2.33. The van der Waals surface area contributed by atoms with Gasteiger partial charge < -0.3 is 19.5 Å². The van der Waals surface area contributed by atoms with Gasteiger partial charge in [0.15, 0.2) is 0 Å². The van der Waals surface area contributed by atoms with Crippen LogP contribution >= 0.6 is 0 Å². The van der Waals surface area contributed by atoms with Crippen molar-refractivity contribution in [1.82, 2.24) is 9.88 Å². The largest absolute Gasteiger partial charge is 0.478 e. The molecule has 1 atom stereocenters. The van der Waals surface area contributed by atoms with E-state index in [9.17, 15) is 9.59 Å². The molecule has 2 fully saturated rings. The van der Waals surface area contributed by atoms with Crippen molar-refractivity contribution in [2.75, 3.05) is 26.3 Å². The van der Waals surface area contributed by atoms with Crippen molar-refractivity contribution in [2.24, 2.45) is 0 Å². The van der Waals surface area contributed by atoms with Crippen LogP contribution in [0.1, 0.15) is 58.6 Å². The summed E-state index contributed by atoms with van der Waals surface area (Å²) in [4.78, 5) is 29.6. The molecule has 0 aromatic carbocycles. The van der Waals surface area contributed by atoms with Gasteiger partial charge in [0, 0.05) is 19.7 Å². The second-order valence-corrected chi connectivity index (χ2v) is 6.95. The number of pyridine rings is 1. The van der Waals surface area contributed by atoms with Gasteiger partial charge in [-0.15, -0.1) is 0 Å². The van der Waals surface area contributed by atoms with Gasteiger partial charge in [-0.2, -0.15) is 0 Å². The van der Waals surface area contributed by atoms with Crippen molar-refractivity contribution in [3.05, 3.63) is 29.1 Å². The number of carboxylic acid groups (broad SMARTS) is 1. The Bertz CT molecular complexity index is 649. The second kappa shape index (κ2) is 8.60. The Morgan fingerprint density at radius 2 is 2.04 bits per heavy atom. The topological polar surface area (TPSA) is 89.0 Å². The van der Waals surface area contributed by atoms with Crippen molar-refractivity contribution < 1.29 is 24.2 Å². The number of nitrogens with zero attached hydrogens (tertiary/aromatic N) is 2. The Morgan fingerprint density at radius 1 is 1.27 bits per heavy atom. The number of ether oxygens (including phenoxy) is 2. The first-order valence-electron chi connectivity index (χ1n) is 9.28. The number of aromatic carboxylic acids is 1. The van der Waals surface area contributed by atoms with Crippen LogP contribution in [0, 0.1) is 6.92 Å². The maximum absolute atomic E-state index is 12.6. The van der Waals surface area contributed by atoms with Gasteiger partial charge in [-0.3, -0.25) is 4.79 Å². The molecule has 3 heterocycles. The molecule has 0 saturated carbocycles. The molecule has 2 aliphatic heterocycles. The van der Waals surface area contributed by atoms with E-state index in [4.69, 9.17) is 14.6 Å². The third-order valence-corrected chi connectivity index (χ3v) is 5.06. The highest BCUT2D eigenvalue weighted by Crippen LogP contribution is 2.19. The highest BCUT2D eigenvalue weighted by Gasteiger charge is 2.26.